The maximum absolute atomic E-state index is 12.6. The van der Waals surface area contributed by atoms with Gasteiger partial charge in [0.1, 0.15) is 23.0 Å². The van der Waals surface area contributed by atoms with E-state index in [9.17, 15) is 19.8 Å². The molecule has 0 unspecified atom stereocenters. The molecule has 6 nitrogen and oxygen atoms in total. The van der Waals surface area contributed by atoms with E-state index in [0.29, 0.717) is 22.6 Å². The lowest BCUT2D eigenvalue weighted by Gasteiger charge is -2.33. The highest BCUT2D eigenvalue weighted by Gasteiger charge is 2.43. The molecule has 1 aliphatic rings. The Kier molecular flexibility index (Phi) is 9.81. The van der Waals surface area contributed by atoms with Crippen LogP contribution in [0.5, 0.6) is 23.0 Å². The Morgan fingerprint density at radius 2 is 0.712 bits per heavy atom. The maximum atomic E-state index is 12.6. The second-order valence-electron chi connectivity index (χ2n) is 14.8. The molecule has 286 valence electrons. The van der Waals surface area contributed by atoms with Crippen LogP contribution >= 0.6 is 0 Å². The number of benzene rings is 8. The van der Waals surface area contributed by atoms with Gasteiger partial charge in [0.2, 0.25) is 0 Å². The lowest BCUT2D eigenvalue weighted by atomic mass is 9.69. The molecule has 59 heavy (non-hydrogen) atoms. The van der Waals surface area contributed by atoms with Crippen molar-refractivity contribution in [1.82, 2.24) is 0 Å². The molecule has 8 aromatic rings. The van der Waals surface area contributed by atoms with Crippen LogP contribution < -0.4 is 9.47 Å². The summed E-state index contributed by atoms with van der Waals surface area (Å²) in [5.74, 6) is 0.102. The van der Waals surface area contributed by atoms with Gasteiger partial charge in [-0.15, -0.1) is 0 Å². The lowest BCUT2D eigenvalue weighted by molar-refractivity contribution is 0.0725. The first kappa shape index (κ1) is 36.9. The number of hydrogen-bond donors (Lipinski definition) is 2. The highest BCUT2D eigenvalue weighted by molar-refractivity contribution is 5.92. The first-order valence-corrected chi connectivity index (χ1v) is 19.4. The zero-order valence-corrected chi connectivity index (χ0v) is 31.9. The molecule has 9 rings (SSSR count). The Morgan fingerprint density at radius 1 is 0.390 bits per heavy atom. The molecule has 1 aliphatic carbocycles. The number of phenolic OH excluding ortho intramolecular Hbond substituents is 2. The molecule has 0 heterocycles. The summed E-state index contributed by atoms with van der Waals surface area (Å²) in [5, 5.41) is 19.1. The third kappa shape index (κ3) is 7.59. The topological polar surface area (TPSA) is 93.1 Å². The summed E-state index contributed by atoms with van der Waals surface area (Å²) in [4.78, 5) is 25.2. The molecule has 0 bridgehead atoms. The van der Waals surface area contributed by atoms with Gasteiger partial charge in [0.15, 0.2) is 0 Å². The summed E-state index contributed by atoms with van der Waals surface area (Å²) in [6.45, 7) is 0. The van der Waals surface area contributed by atoms with Crippen LogP contribution in [0, 0.1) is 0 Å². The fourth-order valence-electron chi connectivity index (χ4n) is 8.14. The summed E-state index contributed by atoms with van der Waals surface area (Å²) in [5.41, 5.74) is 12.2. The van der Waals surface area contributed by atoms with Gasteiger partial charge in [-0.05, 0) is 141 Å². The molecular formula is C53H38O6. The van der Waals surface area contributed by atoms with Gasteiger partial charge in [-0.1, -0.05) is 121 Å². The second-order valence-corrected chi connectivity index (χ2v) is 14.8. The summed E-state index contributed by atoms with van der Waals surface area (Å²) >= 11 is 0. The molecule has 8 aromatic carbocycles. The van der Waals surface area contributed by atoms with Crippen LogP contribution in [0.2, 0.25) is 0 Å². The zero-order valence-electron chi connectivity index (χ0n) is 31.9. The number of carbonyl (C=O) groups excluding carboxylic acids is 2. The Hall–Kier alpha value is -7.70. The standard InChI is InChI=1S/C53H38O6/c54-43-25-17-41(18-26-43)51(56)58-45-29-21-39(22-30-45)37-13-9-35(10-14-37)33-53(49-7-3-1-5-47(49)48-6-2-4-8-50(48)53)34-36-11-15-38(16-12-36)40-23-31-46(32-24-40)59-52(57)42-19-27-44(55)28-20-42/h1-32,54-55H,33-34H2. The minimum absolute atomic E-state index is 0.0906. The van der Waals surface area contributed by atoms with Crippen molar-refractivity contribution >= 4 is 11.9 Å². The quantitative estimate of drug-likeness (QED) is 0.106. The van der Waals surface area contributed by atoms with Crippen LogP contribution in [0.4, 0.5) is 0 Å². The van der Waals surface area contributed by atoms with Crippen LogP contribution in [0.1, 0.15) is 43.0 Å². The summed E-state index contributed by atoms with van der Waals surface area (Å²) in [6.07, 6.45) is 1.61. The van der Waals surface area contributed by atoms with E-state index in [1.54, 1.807) is 24.3 Å². The average molecular weight is 771 g/mol. The van der Waals surface area contributed by atoms with Gasteiger partial charge in [-0.2, -0.15) is 0 Å². The molecule has 0 aromatic heterocycles. The van der Waals surface area contributed by atoms with Gasteiger partial charge in [-0.3, -0.25) is 0 Å². The number of ether oxygens (including phenoxy) is 2. The van der Waals surface area contributed by atoms with Crippen molar-refractivity contribution < 1.29 is 29.3 Å². The lowest BCUT2D eigenvalue weighted by Crippen LogP contribution is -2.31. The summed E-state index contributed by atoms with van der Waals surface area (Å²) in [6, 6.07) is 62.0. The van der Waals surface area contributed by atoms with Gasteiger partial charge < -0.3 is 19.7 Å². The van der Waals surface area contributed by atoms with E-state index in [-0.39, 0.29) is 16.9 Å². The van der Waals surface area contributed by atoms with Crippen molar-refractivity contribution in [3.63, 3.8) is 0 Å². The van der Waals surface area contributed by atoms with Crippen LogP contribution in [-0.2, 0) is 18.3 Å². The van der Waals surface area contributed by atoms with E-state index >= 15 is 0 Å². The van der Waals surface area contributed by atoms with E-state index in [2.05, 4.69) is 97.1 Å². The smallest absolute Gasteiger partial charge is 0.343 e. The van der Waals surface area contributed by atoms with Crippen molar-refractivity contribution in [2.45, 2.75) is 18.3 Å². The largest absolute Gasteiger partial charge is 0.508 e. The molecule has 0 aliphatic heterocycles. The van der Waals surface area contributed by atoms with Gasteiger partial charge in [-0.25, -0.2) is 9.59 Å². The highest BCUT2D eigenvalue weighted by atomic mass is 16.5. The Bertz CT molecular complexity index is 2570. The highest BCUT2D eigenvalue weighted by Crippen LogP contribution is 2.52. The molecule has 0 saturated heterocycles. The maximum Gasteiger partial charge on any atom is 0.343 e. The van der Waals surface area contributed by atoms with Crippen LogP contribution in [0.15, 0.2) is 194 Å². The molecular weight excluding hydrogens is 733 g/mol. The summed E-state index contributed by atoms with van der Waals surface area (Å²) < 4.78 is 11.1. The van der Waals surface area contributed by atoms with E-state index < -0.39 is 11.9 Å². The fourth-order valence-corrected chi connectivity index (χ4v) is 8.14. The van der Waals surface area contributed by atoms with Crippen LogP contribution in [-0.4, -0.2) is 22.2 Å². The molecule has 0 spiro atoms. The van der Waals surface area contributed by atoms with Crippen molar-refractivity contribution in [3.8, 4) is 56.4 Å². The predicted molar refractivity (Wildman–Crippen MR) is 230 cm³/mol. The Balaban J connectivity index is 0.945. The molecule has 0 radical (unpaired) electrons. The van der Waals surface area contributed by atoms with Crippen molar-refractivity contribution in [2.75, 3.05) is 0 Å². The number of esters is 2. The molecule has 0 amide bonds. The third-order valence-electron chi connectivity index (χ3n) is 11.1. The van der Waals surface area contributed by atoms with Gasteiger partial charge >= 0.3 is 11.9 Å². The van der Waals surface area contributed by atoms with Crippen molar-refractivity contribution in [3.05, 3.63) is 228 Å². The minimum atomic E-state index is -0.484. The monoisotopic (exact) mass is 770 g/mol. The average Bonchev–Trinajstić information content (AvgIpc) is 3.54. The molecule has 2 N–H and O–H groups in total. The molecule has 0 saturated carbocycles. The fraction of sp³-hybridized carbons (Fsp3) is 0.0566. The third-order valence-corrected chi connectivity index (χ3v) is 11.1. The van der Waals surface area contributed by atoms with Crippen LogP contribution in [0.25, 0.3) is 33.4 Å². The van der Waals surface area contributed by atoms with Gasteiger partial charge in [0.25, 0.3) is 0 Å². The number of carbonyl (C=O) groups is 2. The minimum Gasteiger partial charge on any atom is -0.508 e. The SMILES string of the molecule is O=C(Oc1ccc(-c2ccc(CC3(Cc4ccc(-c5ccc(OC(=O)c6ccc(O)cc6)cc5)cc4)c4ccccc4-c4ccccc43)cc2)cc1)c1ccc(O)cc1. The Labute approximate surface area is 342 Å². The number of hydrogen-bond acceptors (Lipinski definition) is 6. The summed E-state index contributed by atoms with van der Waals surface area (Å²) in [7, 11) is 0. The Morgan fingerprint density at radius 3 is 1.07 bits per heavy atom. The van der Waals surface area contributed by atoms with E-state index in [4.69, 9.17) is 9.47 Å². The first-order valence-electron chi connectivity index (χ1n) is 19.4. The molecule has 0 fully saturated rings. The number of fused-ring (bicyclic) bond motifs is 3. The number of aromatic hydroxyl groups is 2. The first-order chi connectivity index (χ1) is 28.8. The van der Waals surface area contributed by atoms with Crippen LogP contribution in [0.3, 0.4) is 0 Å². The van der Waals surface area contributed by atoms with Crippen molar-refractivity contribution in [1.29, 1.82) is 0 Å². The molecule has 6 heteroatoms. The normalized spacial score (nSPS) is 12.3. The predicted octanol–water partition coefficient (Wildman–Crippen LogP) is 11.6. The van der Waals surface area contributed by atoms with Gasteiger partial charge in [0.05, 0.1) is 11.1 Å². The zero-order chi connectivity index (χ0) is 40.3. The van der Waals surface area contributed by atoms with E-state index in [0.717, 1.165) is 35.1 Å². The second kappa shape index (κ2) is 15.7. The van der Waals surface area contributed by atoms with Gasteiger partial charge in [0, 0.05) is 5.41 Å². The molecule has 0 atom stereocenters. The number of rotatable bonds is 10. The number of phenols is 2. The van der Waals surface area contributed by atoms with E-state index in [1.807, 2.05) is 24.3 Å². The van der Waals surface area contributed by atoms with Crippen molar-refractivity contribution in [2.24, 2.45) is 0 Å². The van der Waals surface area contributed by atoms with E-state index in [1.165, 1.54) is 81.9 Å².